The molecule has 14 heteroatoms. The molecule has 5 rings (SSSR count). The van der Waals surface area contributed by atoms with Crippen LogP contribution in [0.2, 0.25) is 0 Å². The summed E-state index contributed by atoms with van der Waals surface area (Å²) in [6.07, 6.45) is 0.432. The molecule has 1 spiro atoms. The van der Waals surface area contributed by atoms with Crippen molar-refractivity contribution in [3.05, 3.63) is 82.9 Å². The van der Waals surface area contributed by atoms with Crippen LogP contribution in [0.4, 0.5) is 5.69 Å². The van der Waals surface area contributed by atoms with Crippen LogP contribution in [0.25, 0.3) is 0 Å². The van der Waals surface area contributed by atoms with E-state index < -0.39 is 42.2 Å². The Morgan fingerprint density at radius 3 is 2.43 bits per heavy atom. The van der Waals surface area contributed by atoms with Crippen LogP contribution >= 0.6 is 7.52 Å². The highest BCUT2D eigenvalue weighted by Crippen LogP contribution is 2.59. The van der Waals surface area contributed by atoms with Crippen LogP contribution < -0.4 is 36.4 Å². The average molecular weight is 693 g/mol. The molecular formula is C35H45N6O7P. The predicted octanol–water partition coefficient (Wildman–Crippen LogP) is 5.02. The number of ether oxygens (including phenoxy) is 2. The molecule has 8 N–H and O–H groups in total. The summed E-state index contributed by atoms with van der Waals surface area (Å²) in [5, 5.41) is 17.4. The minimum atomic E-state index is -3.85. The van der Waals surface area contributed by atoms with Crippen molar-refractivity contribution >= 4 is 31.0 Å². The molecule has 13 nitrogen and oxygen atoms in total. The number of hydrogen-bond acceptors (Lipinski definition) is 8. The van der Waals surface area contributed by atoms with Gasteiger partial charge in [-0.25, -0.2) is 9.88 Å². The predicted molar refractivity (Wildman–Crippen MR) is 188 cm³/mol. The normalized spacial score (nSPS) is 18.5. The summed E-state index contributed by atoms with van der Waals surface area (Å²) < 4.78 is 34.0. The summed E-state index contributed by atoms with van der Waals surface area (Å²) in [6, 6.07) is 17.1. The number of carboxylic acid groups (broad SMARTS) is 1. The van der Waals surface area contributed by atoms with Gasteiger partial charge in [0.1, 0.15) is 23.3 Å². The maximum atomic E-state index is 14.6. The first-order valence-corrected chi connectivity index (χ1v) is 17.9. The van der Waals surface area contributed by atoms with Crippen molar-refractivity contribution in [2.45, 2.75) is 76.9 Å². The van der Waals surface area contributed by atoms with E-state index in [9.17, 15) is 19.3 Å². The minimum absolute atomic E-state index is 0.0991. The third kappa shape index (κ3) is 7.24. The fourth-order valence-corrected chi connectivity index (χ4v) is 7.74. The number of nitrogens with two attached hydrogens (primary N) is 2. The number of anilines is 1. The van der Waals surface area contributed by atoms with Crippen LogP contribution in [0.15, 0.2) is 65.7 Å². The van der Waals surface area contributed by atoms with Crippen molar-refractivity contribution < 1.29 is 33.3 Å². The standard InChI is InChI=1S/C35H45N6O7P/c1-6-38-23-13-15-26-29(18-23)47-30-19-24(14-16-27(30)35(26)25-11-8-7-10-22(25)20-46-35)48-49(45,34(3,4)5)41-21(2)31(42)40-28(32(43)44)12-9-17-39-33(36)37/h7-8,10-11,13-16,18-19,21,28,38H,6,9,12,17,20H2,1-5H3,(H,40,42)(H,41,45)(H,43,44)(H4,36,37,39)/t21-,28-,35?,49?/m0/s1. The van der Waals surface area contributed by atoms with E-state index in [0.717, 1.165) is 34.5 Å². The Kier molecular flexibility index (Phi) is 10.3. The Labute approximate surface area is 286 Å². The number of aliphatic carboxylic acids is 1. The average Bonchev–Trinajstić information content (AvgIpc) is 3.41. The Balaban J connectivity index is 1.42. The molecule has 0 aliphatic carbocycles. The largest absolute Gasteiger partial charge is 0.480 e. The Morgan fingerprint density at radius 1 is 1.06 bits per heavy atom. The molecule has 0 saturated heterocycles. The maximum absolute atomic E-state index is 14.6. The maximum Gasteiger partial charge on any atom is 0.326 e. The second-order valence-electron chi connectivity index (χ2n) is 13.1. The van der Waals surface area contributed by atoms with Gasteiger partial charge in [-0.15, -0.1) is 0 Å². The number of aliphatic imine (C=N–C) groups is 1. The molecule has 2 unspecified atom stereocenters. The lowest BCUT2D eigenvalue weighted by molar-refractivity contribution is -0.142. The van der Waals surface area contributed by atoms with E-state index in [-0.39, 0.29) is 24.7 Å². The van der Waals surface area contributed by atoms with Crippen LogP contribution in [0.3, 0.4) is 0 Å². The van der Waals surface area contributed by atoms with Gasteiger partial charge in [0.05, 0.1) is 17.8 Å². The molecule has 0 radical (unpaired) electrons. The van der Waals surface area contributed by atoms with E-state index >= 15 is 0 Å². The highest BCUT2D eigenvalue weighted by molar-refractivity contribution is 7.59. The van der Waals surface area contributed by atoms with Gasteiger partial charge >= 0.3 is 13.5 Å². The highest BCUT2D eigenvalue weighted by Gasteiger charge is 2.50. The van der Waals surface area contributed by atoms with Crippen molar-refractivity contribution in [1.82, 2.24) is 10.4 Å². The van der Waals surface area contributed by atoms with Crippen molar-refractivity contribution in [3.8, 4) is 17.2 Å². The zero-order valence-corrected chi connectivity index (χ0v) is 29.3. The van der Waals surface area contributed by atoms with Gasteiger partial charge < -0.3 is 41.2 Å². The quantitative estimate of drug-likeness (QED) is 0.0609. The number of guanidine groups is 1. The van der Waals surface area contributed by atoms with Crippen molar-refractivity contribution in [3.63, 3.8) is 0 Å². The van der Waals surface area contributed by atoms with Gasteiger partial charge in [0.2, 0.25) is 5.91 Å². The van der Waals surface area contributed by atoms with E-state index in [4.69, 9.17) is 25.5 Å². The first-order chi connectivity index (χ1) is 23.2. The lowest BCUT2D eigenvalue weighted by atomic mass is 9.77. The lowest BCUT2D eigenvalue weighted by Crippen LogP contribution is -2.49. The monoisotopic (exact) mass is 692 g/mol. The number of hydrogen-bond donors (Lipinski definition) is 6. The summed E-state index contributed by atoms with van der Waals surface area (Å²) in [5.41, 5.74) is 14.4. The molecule has 0 saturated carbocycles. The number of carbonyl (C=O) groups is 2. The summed E-state index contributed by atoms with van der Waals surface area (Å²) in [5.74, 6) is -0.603. The van der Waals surface area contributed by atoms with Crippen LogP contribution in [-0.4, -0.2) is 53.3 Å². The van der Waals surface area contributed by atoms with Crippen LogP contribution in [0.1, 0.15) is 69.7 Å². The smallest absolute Gasteiger partial charge is 0.326 e. The number of amides is 1. The topological polar surface area (TPSA) is 200 Å². The number of nitrogens with zero attached hydrogens (tertiary/aromatic N) is 1. The Hall–Kier alpha value is -4.58. The second kappa shape index (κ2) is 14.1. The molecule has 2 heterocycles. The molecule has 0 bridgehead atoms. The number of fused-ring (bicyclic) bond motifs is 6. The Bertz CT molecular complexity index is 1810. The summed E-state index contributed by atoms with van der Waals surface area (Å²) in [7, 11) is -3.85. The van der Waals surface area contributed by atoms with Gasteiger partial charge in [0.15, 0.2) is 11.6 Å². The fraction of sp³-hybridized carbons (Fsp3) is 0.400. The van der Waals surface area contributed by atoms with Crippen LogP contribution in [0.5, 0.6) is 17.2 Å². The van der Waals surface area contributed by atoms with Gasteiger partial charge in [-0.05, 0) is 82.9 Å². The van der Waals surface area contributed by atoms with E-state index in [0.29, 0.717) is 24.5 Å². The third-order valence-corrected chi connectivity index (χ3v) is 11.5. The number of nitrogens with one attached hydrogen (secondary N) is 3. The first-order valence-electron chi connectivity index (χ1n) is 16.3. The van der Waals surface area contributed by atoms with Gasteiger partial charge in [0, 0.05) is 42.0 Å². The number of carbonyl (C=O) groups excluding carboxylic acids is 1. The minimum Gasteiger partial charge on any atom is -0.480 e. The summed E-state index contributed by atoms with van der Waals surface area (Å²) in [6.45, 7) is 10.1. The molecule has 3 aromatic carbocycles. The van der Waals surface area contributed by atoms with E-state index in [1.165, 1.54) is 6.92 Å². The third-order valence-electron chi connectivity index (χ3n) is 8.57. The molecule has 0 fully saturated rings. The van der Waals surface area contributed by atoms with Crippen LogP contribution in [0, 0.1) is 0 Å². The van der Waals surface area contributed by atoms with Gasteiger partial charge in [-0.1, -0.05) is 24.3 Å². The van der Waals surface area contributed by atoms with E-state index in [1.807, 2.05) is 43.3 Å². The second-order valence-corrected chi connectivity index (χ2v) is 16.0. The molecule has 262 valence electrons. The zero-order chi connectivity index (χ0) is 35.6. The number of carboxylic acids is 1. The summed E-state index contributed by atoms with van der Waals surface area (Å²) >= 11 is 0. The molecule has 1 amide bonds. The van der Waals surface area contributed by atoms with Gasteiger partial charge in [-0.2, -0.15) is 0 Å². The zero-order valence-electron chi connectivity index (χ0n) is 28.4. The SMILES string of the molecule is CCNc1ccc2c(c1)Oc1cc(OP(=O)(N[C@@H](C)C(=O)N[C@@H](CCCN=C(N)N)C(=O)O)C(C)(C)C)ccc1C21OCc2ccccc21. The van der Waals surface area contributed by atoms with Crippen molar-refractivity contribution in [2.24, 2.45) is 16.5 Å². The van der Waals surface area contributed by atoms with Crippen molar-refractivity contribution in [1.29, 1.82) is 0 Å². The molecule has 2 aliphatic rings. The van der Waals surface area contributed by atoms with Crippen molar-refractivity contribution in [2.75, 3.05) is 18.4 Å². The molecule has 49 heavy (non-hydrogen) atoms. The molecule has 4 atom stereocenters. The highest BCUT2D eigenvalue weighted by atomic mass is 31.2. The van der Waals surface area contributed by atoms with Crippen LogP contribution in [-0.2, 0) is 31.1 Å². The first kappa shape index (κ1) is 35.7. The Morgan fingerprint density at radius 2 is 1.76 bits per heavy atom. The van der Waals surface area contributed by atoms with Gasteiger partial charge in [-0.3, -0.25) is 14.4 Å². The molecule has 3 aromatic rings. The number of rotatable bonds is 13. The van der Waals surface area contributed by atoms with E-state index in [1.54, 1.807) is 32.9 Å². The van der Waals surface area contributed by atoms with E-state index in [2.05, 4.69) is 32.8 Å². The van der Waals surface area contributed by atoms with Gasteiger partial charge in [0.25, 0.3) is 0 Å². The molecular weight excluding hydrogens is 647 g/mol. The summed E-state index contributed by atoms with van der Waals surface area (Å²) in [4.78, 5) is 28.9. The molecule has 0 aromatic heterocycles. The molecule has 2 aliphatic heterocycles. The lowest BCUT2D eigenvalue weighted by Gasteiger charge is -2.38. The number of benzene rings is 3. The fourth-order valence-electron chi connectivity index (χ4n) is 5.99.